The van der Waals surface area contributed by atoms with Crippen molar-refractivity contribution in [1.82, 2.24) is 5.32 Å². The predicted octanol–water partition coefficient (Wildman–Crippen LogP) is 1.66. The molecule has 0 saturated carbocycles. The normalized spacial score (nSPS) is 23.8. The van der Waals surface area contributed by atoms with Gasteiger partial charge in [-0.1, -0.05) is 26.0 Å². The van der Waals surface area contributed by atoms with E-state index in [9.17, 15) is 19.5 Å². The van der Waals surface area contributed by atoms with Gasteiger partial charge in [-0.25, -0.2) is 4.79 Å². The lowest BCUT2D eigenvalue weighted by molar-refractivity contribution is -0.276. The Hall–Kier alpha value is -3.39. The number of urea groups is 1. The van der Waals surface area contributed by atoms with Gasteiger partial charge in [-0.05, 0) is 29.7 Å². The number of nitrogens with two attached hydrogens (primary N) is 1. The molecule has 1 heterocycles. The Morgan fingerprint density at radius 3 is 2.52 bits per heavy atom. The van der Waals surface area contributed by atoms with Gasteiger partial charge in [0.05, 0.1) is 11.3 Å². The molecule has 0 aromatic heterocycles. The average Bonchev–Trinajstić information content (AvgIpc) is 2.98. The number of anilines is 1. The van der Waals surface area contributed by atoms with Crippen LogP contribution in [0.1, 0.15) is 53.7 Å². The van der Waals surface area contributed by atoms with E-state index in [1.807, 2.05) is 26.0 Å². The van der Waals surface area contributed by atoms with Crippen LogP contribution in [0.25, 0.3) is 0 Å². The first kappa shape index (κ1) is 18.9. The number of amides is 3. The van der Waals surface area contributed by atoms with Gasteiger partial charge in [0, 0.05) is 13.0 Å². The minimum atomic E-state index is -1.79. The highest BCUT2D eigenvalue weighted by Gasteiger charge is 2.81. The summed E-state index contributed by atoms with van der Waals surface area (Å²) >= 11 is 0. The fraction of sp³-hybridized carbons (Fsp3) is 0.286. The standard InChI is InChI=1S/C21H21N3O5/c1-10(2)12-7-8-13-16(9-12)29-21(28)14-5-4-6-15(23-19(22)27)17(14)18(26)20(13,21)24-11(3)25/h4-10,28H,1-3H3,(H,24,25)(H3,22,23,27)/p+2. The third kappa shape index (κ3) is 2.39. The van der Waals surface area contributed by atoms with Crippen LogP contribution >= 0.6 is 0 Å². The second-order valence-corrected chi connectivity index (χ2v) is 7.73. The highest BCUT2D eigenvalue weighted by molar-refractivity contribution is 6.16. The van der Waals surface area contributed by atoms with Crippen LogP contribution in [0.4, 0.5) is 10.5 Å². The Kier molecular flexibility index (Phi) is 3.95. The number of ether oxygens (including phenoxy) is 1. The zero-order valence-corrected chi connectivity index (χ0v) is 16.3. The zero-order valence-electron chi connectivity index (χ0n) is 16.3. The van der Waals surface area contributed by atoms with Gasteiger partial charge >= 0.3 is 17.4 Å². The van der Waals surface area contributed by atoms with E-state index in [1.54, 1.807) is 18.2 Å². The van der Waals surface area contributed by atoms with Crippen molar-refractivity contribution in [1.29, 1.82) is 0 Å². The molecule has 3 amide bonds. The summed E-state index contributed by atoms with van der Waals surface area (Å²) in [7, 11) is 0. The molecule has 0 spiro atoms. The zero-order chi connectivity index (χ0) is 21.1. The fourth-order valence-corrected chi connectivity index (χ4v) is 4.33. The highest BCUT2D eigenvalue weighted by atomic mass is 16.6. The topological polar surface area (TPSA) is 137 Å². The number of primary amides is 1. The van der Waals surface area contributed by atoms with Crippen molar-refractivity contribution in [2.75, 3.05) is 5.32 Å². The Bertz CT molecular complexity index is 1080. The van der Waals surface area contributed by atoms with Gasteiger partial charge < -0.3 is 26.2 Å². The first-order valence-corrected chi connectivity index (χ1v) is 9.27. The molecule has 0 radical (unpaired) electrons. The first-order valence-electron chi connectivity index (χ1n) is 9.27. The number of hydrogen-bond acceptors (Lipinski definition) is 3. The number of fused-ring (bicyclic) bond motifs is 5. The number of rotatable bonds is 3. The summed E-state index contributed by atoms with van der Waals surface area (Å²) in [4.78, 5) is 37.3. The summed E-state index contributed by atoms with van der Waals surface area (Å²) in [6, 6.07) is 9.45. The van der Waals surface area contributed by atoms with Crippen molar-refractivity contribution in [3.05, 3.63) is 58.7 Å². The van der Waals surface area contributed by atoms with E-state index in [-0.39, 0.29) is 17.2 Å². The van der Waals surface area contributed by atoms with E-state index in [4.69, 9.17) is 5.73 Å². The maximum Gasteiger partial charge on any atom is 0.462 e. The van der Waals surface area contributed by atoms with Gasteiger partial charge in [0.25, 0.3) is 5.75 Å². The van der Waals surface area contributed by atoms with Gasteiger partial charge in [-0.2, -0.15) is 0 Å². The largest absolute Gasteiger partial charge is 0.515 e. The third-order valence-electron chi connectivity index (χ3n) is 5.57. The van der Waals surface area contributed by atoms with Gasteiger partial charge in [0.2, 0.25) is 11.7 Å². The molecule has 2 atom stereocenters. The van der Waals surface area contributed by atoms with Crippen LogP contribution in [0.15, 0.2) is 36.4 Å². The lowest BCUT2D eigenvalue weighted by Crippen LogP contribution is -2.59. The molecule has 0 saturated heterocycles. The molecule has 7 N–H and O–H groups in total. The molecule has 29 heavy (non-hydrogen) atoms. The molecule has 8 heteroatoms. The molecule has 8 nitrogen and oxygen atoms in total. The van der Waals surface area contributed by atoms with Gasteiger partial charge in [-0.3, -0.25) is 9.59 Å². The van der Waals surface area contributed by atoms with Crippen molar-refractivity contribution >= 4 is 23.4 Å². The monoisotopic (exact) mass is 397 g/mol. The quantitative estimate of drug-likeness (QED) is 0.679. The van der Waals surface area contributed by atoms with E-state index in [1.165, 1.54) is 13.0 Å². The van der Waals surface area contributed by atoms with Crippen LogP contribution in [-0.4, -0.2) is 27.6 Å². The Balaban J connectivity index is 1.99. The second-order valence-electron chi connectivity index (χ2n) is 7.73. The summed E-state index contributed by atoms with van der Waals surface area (Å²) in [5.74, 6) is -2.00. The molecule has 4 rings (SSSR count). The van der Waals surface area contributed by atoms with E-state index in [0.29, 0.717) is 16.9 Å². The van der Waals surface area contributed by atoms with Crippen LogP contribution in [0.3, 0.4) is 0 Å². The van der Waals surface area contributed by atoms with Gasteiger partial charge in [0.1, 0.15) is 5.56 Å². The molecule has 2 aliphatic rings. The summed E-state index contributed by atoms with van der Waals surface area (Å²) in [5, 5.41) is 14.4. The van der Waals surface area contributed by atoms with Crippen LogP contribution in [0.2, 0.25) is 0 Å². The number of carbonyl (C=O) groups excluding carboxylic acids is 3. The number of ketones is 1. The number of hydrogen-bond donors (Lipinski definition) is 3. The van der Waals surface area contributed by atoms with Crippen molar-refractivity contribution in [3.8, 4) is 5.75 Å². The van der Waals surface area contributed by atoms with Gasteiger partial charge in [-0.15, -0.1) is 0 Å². The lowest BCUT2D eigenvalue weighted by atomic mass is 9.82. The molecule has 1 aliphatic carbocycles. The van der Waals surface area contributed by atoms with Crippen LogP contribution in [0.5, 0.6) is 5.75 Å². The van der Waals surface area contributed by atoms with Crippen LogP contribution in [0, 0.1) is 0 Å². The molecule has 2 aromatic rings. The number of aliphatic hydroxyl groups is 1. The molecule has 2 unspecified atom stereocenters. The highest BCUT2D eigenvalue weighted by Crippen LogP contribution is 2.60. The SMILES string of the molecule is CC(=O)NC12C(=O)c3c(NC(N)=O)cccc3C1([OH2+])[OH+]c1cc(C(C)C)ccc12. The molecule has 2 aromatic carbocycles. The van der Waals surface area contributed by atoms with Crippen molar-refractivity contribution in [3.63, 3.8) is 0 Å². The summed E-state index contributed by atoms with van der Waals surface area (Å²) in [5.41, 5.74) is 5.67. The third-order valence-corrected chi connectivity index (χ3v) is 5.57. The minimum Gasteiger partial charge on any atom is -0.515 e. The Morgan fingerprint density at radius 1 is 1.17 bits per heavy atom. The van der Waals surface area contributed by atoms with E-state index in [2.05, 4.69) is 15.4 Å². The Labute approximate surface area is 167 Å². The second kappa shape index (κ2) is 6.05. The number of nitrogens with one attached hydrogen (secondary N) is 2. The molecular formula is C21H23N3O5+2. The van der Waals surface area contributed by atoms with Crippen LogP contribution < -0.4 is 16.4 Å². The average molecular weight is 397 g/mol. The molecule has 1 aliphatic heterocycles. The van der Waals surface area contributed by atoms with E-state index < -0.39 is 29.0 Å². The minimum absolute atomic E-state index is 0.136. The number of Topliss-reactive ketones (excluding diaryl/α,β-unsaturated/α-hetero) is 1. The molecule has 0 bridgehead atoms. The van der Waals surface area contributed by atoms with E-state index >= 15 is 0 Å². The maximum absolute atomic E-state index is 13.7. The first-order chi connectivity index (χ1) is 13.6. The van der Waals surface area contributed by atoms with E-state index in [0.717, 1.165) is 5.56 Å². The fourth-order valence-electron chi connectivity index (χ4n) is 4.33. The Morgan fingerprint density at radius 2 is 1.90 bits per heavy atom. The van der Waals surface area contributed by atoms with Crippen LogP contribution in [-0.2, 0) is 16.1 Å². The number of benzene rings is 2. The van der Waals surface area contributed by atoms with Crippen molar-refractivity contribution in [2.45, 2.75) is 38.0 Å². The van der Waals surface area contributed by atoms with Crippen molar-refractivity contribution < 1.29 is 24.2 Å². The summed E-state index contributed by atoms with van der Waals surface area (Å²) < 4.78 is 4.61. The molecular weight excluding hydrogens is 374 g/mol. The summed E-state index contributed by atoms with van der Waals surface area (Å²) in [6.07, 6.45) is 0. The molecule has 150 valence electrons. The number of carbonyl (C=O) groups is 3. The predicted molar refractivity (Wildman–Crippen MR) is 107 cm³/mol. The smallest absolute Gasteiger partial charge is 0.462 e. The number of aromatic hydroxyl groups is 1. The van der Waals surface area contributed by atoms with Crippen molar-refractivity contribution in [2.24, 2.45) is 5.73 Å². The maximum atomic E-state index is 13.7. The lowest BCUT2D eigenvalue weighted by Gasteiger charge is -2.26. The summed E-state index contributed by atoms with van der Waals surface area (Å²) in [6.45, 7) is 5.38. The van der Waals surface area contributed by atoms with Gasteiger partial charge in [0.15, 0.2) is 5.56 Å². The molecule has 0 fully saturated rings.